The molecule has 5 heterocycles. The Morgan fingerprint density at radius 2 is 1.02 bits per heavy atom. The zero-order valence-corrected chi connectivity index (χ0v) is 59.9. The summed E-state index contributed by atoms with van der Waals surface area (Å²) in [7, 11) is 0. The van der Waals surface area contributed by atoms with E-state index >= 15 is 0 Å². The molecule has 6 amide bonds. The number of phenolic OH excluding ortho intramolecular Hbond substituents is 1. The van der Waals surface area contributed by atoms with Gasteiger partial charge in [0.1, 0.15) is 11.4 Å². The minimum atomic E-state index is -0.479. The summed E-state index contributed by atoms with van der Waals surface area (Å²) in [6.45, 7) is 15.9. The number of carbonyl (C=O) groups is 6. The van der Waals surface area contributed by atoms with E-state index in [9.17, 15) is 44.1 Å². The molecule has 2 aliphatic rings. The maximum absolute atomic E-state index is 14.6. The summed E-state index contributed by atoms with van der Waals surface area (Å²) >= 11 is 0. The molecular weight excluding hydrogens is 1300 g/mol. The number of nitrogens with one attached hydrogen (secondary N) is 3. The number of carbonyl (C=O) groups excluding carboxylic acids is 6. The van der Waals surface area contributed by atoms with Crippen LogP contribution in [0, 0.1) is 13.8 Å². The van der Waals surface area contributed by atoms with Gasteiger partial charge in [-0.2, -0.15) is 15.3 Å². The van der Waals surface area contributed by atoms with E-state index in [0.717, 1.165) is 79.2 Å². The Kier molecular flexibility index (Phi) is 26.5. The first-order valence-corrected chi connectivity index (χ1v) is 36.1. The lowest BCUT2D eigenvalue weighted by Crippen LogP contribution is -2.46. The molecule has 0 spiro atoms. The highest BCUT2D eigenvalue weighted by Gasteiger charge is 2.35. The lowest BCUT2D eigenvalue weighted by atomic mass is 9.93. The fraction of sp³-hybridized carbons (Fsp3) is 0.370. The fourth-order valence-electron chi connectivity index (χ4n) is 13.0. The average Bonchev–Trinajstić information content (AvgIpc) is 1.65. The van der Waals surface area contributed by atoms with Crippen LogP contribution in [0.5, 0.6) is 5.75 Å². The second-order valence-electron chi connectivity index (χ2n) is 26.5. The molecule has 11 rings (SSSR count). The third-order valence-electron chi connectivity index (χ3n) is 18.8. The quantitative estimate of drug-likeness (QED) is 0.0229. The molecule has 3 aromatic heterocycles. The smallest absolute Gasteiger partial charge is 0.274 e. The lowest BCUT2D eigenvalue weighted by Gasteiger charge is -2.36. The Hall–Kier alpha value is -10.6. The number of fused-ring (bicyclic) bond motifs is 2. The molecule has 0 saturated carbocycles. The van der Waals surface area contributed by atoms with Gasteiger partial charge in [0.25, 0.3) is 29.5 Å². The van der Waals surface area contributed by atoms with Gasteiger partial charge in [-0.3, -0.25) is 33.9 Å². The number of aliphatic hydroxyl groups excluding tert-OH is 2. The maximum Gasteiger partial charge on any atom is 0.274 e. The summed E-state index contributed by atoms with van der Waals surface area (Å²) < 4.78 is 8.99. The Bertz CT molecular complexity index is 4370. The molecule has 9 aromatic rings. The third-order valence-corrected chi connectivity index (χ3v) is 18.8. The molecule has 0 unspecified atom stereocenters. The van der Waals surface area contributed by atoms with Gasteiger partial charge in [-0.15, -0.1) is 0 Å². The molecule has 0 radical (unpaired) electrons. The van der Waals surface area contributed by atoms with Crippen molar-refractivity contribution in [2.24, 2.45) is 0 Å². The van der Waals surface area contributed by atoms with Crippen molar-refractivity contribution in [3.8, 4) is 28.4 Å². The van der Waals surface area contributed by atoms with Gasteiger partial charge in [-0.1, -0.05) is 144 Å². The van der Waals surface area contributed by atoms with Gasteiger partial charge in [0.05, 0.1) is 60.1 Å². The van der Waals surface area contributed by atoms with Gasteiger partial charge in [0, 0.05) is 80.6 Å². The number of H-pyrrole nitrogens is 1. The van der Waals surface area contributed by atoms with Crippen LogP contribution in [0.15, 0.2) is 158 Å². The molecule has 0 fully saturated rings. The van der Waals surface area contributed by atoms with E-state index in [-0.39, 0.29) is 66.2 Å². The van der Waals surface area contributed by atoms with Crippen molar-refractivity contribution in [1.82, 2.24) is 49.4 Å². The largest absolute Gasteiger partial charge is 0.508 e. The van der Waals surface area contributed by atoms with Crippen molar-refractivity contribution < 1.29 is 48.8 Å². The van der Waals surface area contributed by atoms with E-state index in [2.05, 4.69) is 48.5 Å². The molecule has 540 valence electrons. The number of aryl methyl sites for hydroxylation is 2. The monoisotopic (exact) mass is 1400 g/mol. The van der Waals surface area contributed by atoms with Gasteiger partial charge in [-0.25, -0.2) is 9.36 Å². The van der Waals surface area contributed by atoms with Crippen molar-refractivity contribution >= 4 is 46.8 Å². The van der Waals surface area contributed by atoms with Crippen LogP contribution in [0.25, 0.3) is 22.6 Å². The summed E-state index contributed by atoms with van der Waals surface area (Å²) in [6.07, 6.45) is 9.32. The average molecular weight is 1400 g/mol. The molecule has 22 nitrogen and oxygen atoms in total. The molecule has 0 saturated heterocycles. The van der Waals surface area contributed by atoms with Crippen LogP contribution in [0.2, 0.25) is 0 Å². The predicted octanol–water partition coefficient (Wildman–Crippen LogP) is 12.8. The van der Waals surface area contributed by atoms with Gasteiger partial charge in [-0.05, 0) is 153 Å². The number of anilines is 2. The Labute approximate surface area is 602 Å². The van der Waals surface area contributed by atoms with Crippen molar-refractivity contribution in [3.05, 3.63) is 225 Å². The highest BCUT2D eigenvalue weighted by Crippen LogP contribution is 2.33. The summed E-state index contributed by atoms with van der Waals surface area (Å²) in [5, 5.41) is 53.0. The standard InChI is InChI=1S/C41H51N5O5.C40H45N7O5/c1-4-6-21-44(22-7-5-2)41(50)37-24-30(3)46(43-37)38-20-19-34(42-39(48)18-13-23-51-29-31-14-9-8-10-15-31)26-36(38)40(49)45-27-33-17-12-11-16-32(33)25-35(45)28-47;1-4-6-17-45(18-7-5-2)40(52)36-19-26(3)47(44-36)37-16-15-30(41-38(50)35-23-34(42-43-35)28-13-10-14-32(49)21-28)22-33(37)39(51)46-24-29-12-9-8-11-27(29)20-31(46)25-48/h8-12,14-17,19-20,24,26,35,47H,4-7,13,18,21-23,25,27-29H2,1-3H3,(H,42,48);8-16,19,21-23,31,48-49H,4-7,17-18,20,24-25H2,1-3H3,(H,41,50)(H,42,43)/t35-;31-/m00/s1. The first kappa shape index (κ1) is 75.1. The van der Waals surface area contributed by atoms with Crippen LogP contribution >= 0.6 is 0 Å². The molecule has 6 N–H and O–H groups in total. The molecule has 0 aliphatic carbocycles. The second kappa shape index (κ2) is 36.4. The minimum absolute atomic E-state index is 0.0821. The first-order valence-electron chi connectivity index (χ1n) is 36.1. The SMILES string of the molecule is CCCCN(CCCC)C(=O)c1cc(C)n(-c2ccc(NC(=O)CCCOCc3ccccc3)cc2C(=O)N2Cc3ccccc3C[C@H]2CO)n1.CCCCN(CCCC)C(=O)c1cc(C)n(-c2ccc(NC(=O)c3cc(-c4cccc(O)c4)n[nH]3)cc2C(=O)N2Cc3ccccc3C[C@H]2CO)n1. The number of nitrogens with zero attached hydrogens (tertiary/aromatic N) is 9. The highest BCUT2D eigenvalue weighted by molar-refractivity contribution is 6.06. The lowest BCUT2D eigenvalue weighted by molar-refractivity contribution is -0.116. The summed E-state index contributed by atoms with van der Waals surface area (Å²) in [5.74, 6) is -1.51. The number of hydrogen-bond donors (Lipinski definition) is 6. The number of aliphatic hydroxyl groups is 2. The Balaban J connectivity index is 0.000000221. The zero-order chi connectivity index (χ0) is 72.9. The predicted molar refractivity (Wildman–Crippen MR) is 397 cm³/mol. The minimum Gasteiger partial charge on any atom is -0.508 e. The van der Waals surface area contributed by atoms with Crippen LogP contribution in [0.4, 0.5) is 11.4 Å². The number of aromatic hydroxyl groups is 1. The normalized spacial score (nSPS) is 13.9. The second-order valence-corrected chi connectivity index (χ2v) is 26.5. The van der Waals surface area contributed by atoms with Gasteiger partial charge in [0.2, 0.25) is 5.91 Å². The molecule has 6 aromatic carbocycles. The number of unbranched alkanes of at least 4 members (excludes halogenated alkanes) is 4. The van der Waals surface area contributed by atoms with Gasteiger partial charge < -0.3 is 50.3 Å². The van der Waals surface area contributed by atoms with E-state index in [1.807, 2.05) is 103 Å². The highest BCUT2D eigenvalue weighted by atomic mass is 16.5. The fourth-order valence-corrected chi connectivity index (χ4v) is 13.0. The number of ether oxygens (including phenoxy) is 1. The van der Waals surface area contributed by atoms with Crippen molar-refractivity contribution in [1.29, 1.82) is 0 Å². The summed E-state index contributed by atoms with van der Waals surface area (Å²) in [5.41, 5.74) is 10.9. The van der Waals surface area contributed by atoms with Crippen molar-refractivity contribution in [3.63, 3.8) is 0 Å². The van der Waals surface area contributed by atoms with Crippen molar-refractivity contribution in [2.75, 3.05) is 56.6 Å². The number of aromatic amines is 1. The molecule has 2 aliphatic heterocycles. The number of amides is 6. The summed E-state index contributed by atoms with van der Waals surface area (Å²) in [6, 6.07) is 46.7. The number of phenols is 1. The van der Waals surface area contributed by atoms with E-state index in [1.54, 1.807) is 98.0 Å². The van der Waals surface area contributed by atoms with Crippen LogP contribution in [0.3, 0.4) is 0 Å². The van der Waals surface area contributed by atoms with Crippen LogP contribution in [-0.4, -0.2) is 158 Å². The van der Waals surface area contributed by atoms with Crippen LogP contribution in [0.1, 0.15) is 183 Å². The van der Waals surface area contributed by atoms with E-state index < -0.39 is 18.0 Å². The van der Waals surface area contributed by atoms with E-state index in [1.165, 1.54) is 0 Å². The number of hydrogen-bond acceptors (Lipinski definition) is 13. The van der Waals surface area contributed by atoms with Gasteiger partial charge in [0.15, 0.2) is 11.4 Å². The van der Waals surface area contributed by atoms with Crippen molar-refractivity contribution in [2.45, 2.75) is 150 Å². The third kappa shape index (κ3) is 19.0. The Morgan fingerprint density at radius 3 is 1.50 bits per heavy atom. The van der Waals surface area contributed by atoms with E-state index in [4.69, 9.17) is 14.9 Å². The van der Waals surface area contributed by atoms with Gasteiger partial charge >= 0.3 is 0 Å². The molecule has 103 heavy (non-hydrogen) atoms. The number of rotatable bonds is 30. The molecule has 2 atom stereocenters. The topological polar surface area (TPSA) is 274 Å². The van der Waals surface area contributed by atoms with E-state index in [0.29, 0.717) is 134 Å². The zero-order valence-electron chi connectivity index (χ0n) is 59.9. The number of aromatic nitrogens is 6. The maximum atomic E-state index is 14.6. The Morgan fingerprint density at radius 1 is 0.544 bits per heavy atom. The first-order chi connectivity index (χ1) is 50.0. The van der Waals surface area contributed by atoms with Crippen LogP contribution in [-0.2, 0) is 42.1 Å². The number of benzene rings is 6. The molecule has 22 heteroatoms. The van der Waals surface area contributed by atoms with Crippen LogP contribution < -0.4 is 10.6 Å². The molecule has 0 bridgehead atoms. The summed E-state index contributed by atoms with van der Waals surface area (Å²) in [4.78, 5) is 90.1. The molecular formula is C81H96N12O10.